The number of carbonyl (C=O) groups excluding carboxylic acids is 1. The number of carbonyl (C=O) groups is 1. The third-order valence-electron chi connectivity index (χ3n) is 4.30. The van der Waals surface area contributed by atoms with E-state index in [4.69, 9.17) is 0 Å². The molecule has 0 unspecified atom stereocenters. The van der Waals surface area contributed by atoms with Crippen molar-refractivity contribution in [2.75, 3.05) is 5.32 Å². The highest BCUT2D eigenvalue weighted by atomic mass is 19.3. The molecule has 2 heterocycles. The number of ether oxygens (including phenoxy) is 1. The Bertz CT molecular complexity index is 1210. The molecule has 0 aliphatic heterocycles. The molecule has 150 valence electrons. The van der Waals surface area contributed by atoms with Gasteiger partial charge in [0, 0.05) is 24.1 Å². The molecule has 0 aliphatic rings. The molecule has 1 N–H and O–H groups in total. The monoisotopic (exact) mass is 405 g/mol. The van der Waals surface area contributed by atoms with Crippen molar-refractivity contribution in [3.05, 3.63) is 84.6 Å². The van der Waals surface area contributed by atoms with Gasteiger partial charge in [-0.15, -0.1) is 0 Å². The summed E-state index contributed by atoms with van der Waals surface area (Å²) in [6, 6.07) is 20.4. The summed E-state index contributed by atoms with van der Waals surface area (Å²) in [6.07, 6.45) is -1.70. The van der Waals surface area contributed by atoms with Crippen molar-refractivity contribution in [2.24, 2.45) is 0 Å². The Morgan fingerprint density at radius 3 is 2.60 bits per heavy atom. The second kappa shape index (κ2) is 7.87. The minimum absolute atomic E-state index is 0.0306. The predicted octanol–water partition coefficient (Wildman–Crippen LogP) is 5.54. The summed E-state index contributed by atoms with van der Waals surface area (Å²) in [5.74, 6) is 0.121. The molecule has 4 aromatic rings. The van der Waals surface area contributed by atoms with E-state index < -0.39 is 6.11 Å². The van der Waals surface area contributed by atoms with Gasteiger partial charge in [0.25, 0.3) is 5.91 Å². The van der Waals surface area contributed by atoms with E-state index in [1.807, 2.05) is 12.1 Å². The zero-order valence-corrected chi connectivity index (χ0v) is 16.0. The Morgan fingerprint density at radius 2 is 1.83 bits per heavy atom. The number of hydrogen-bond acceptors (Lipinski definition) is 4. The van der Waals surface area contributed by atoms with Crippen LogP contribution in [0.1, 0.15) is 17.3 Å². The molecule has 2 aromatic carbocycles. The molecule has 1 amide bonds. The summed E-state index contributed by atoms with van der Waals surface area (Å²) in [4.78, 5) is 21.5. The SMILES string of the molecule is CC(F)(F)Oc1cccc(-c2ccc3cccc(C(=O)Nc4ccccn4)c3n2)c1. The Labute approximate surface area is 171 Å². The maximum Gasteiger partial charge on any atom is 0.394 e. The number of benzene rings is 2. The van der Waals surface area contributed by atoms with Crippen LogP contribution in [0.3, 0.4) is 0 Å². The first-order valence-electron chi connectivity index (χ1n) is 9.18. The fraction of sp³-hybridized carbons (Fsp3) is 0.0870. The van der Waals surface area contributed by atoms with Crippen LogP contribution in [0.25, 0.3) is 22.2 Å². The normalized spacial score (nSPS) is 11.3. The molecule has 7 heteroatoms. The first-order chi connectivity index (χ1) is 14.4. The highest BCUT2D eigenvalue weighted by Gasteiger charge is 2.23. The third-order valence-corrected chi connectivity index (χ3v) is 4.30. The van der Waals surface area contributed by atoms with E-state index in [0.717, 1.165) is 5.39 Å². The third kappa shape index (κ3) is 4.41. The lowest BCUT2D eigenvalue weighted by atomic mass is 10.1. The second-order valence-electron chi connectivity index (χ2n) is 6.68. The molecular formula is C23H17F2N3O2. The van der Waals surface area contributed by atoms with Crippen LogP contribution in [-0.4, -0.2) is 22.0 Å². The van der Waals surface area contributed by atoms with Gasteiger partial charge in [0.2, 0.25) is 0 Å². The molecule has 0 bridgehead atoms. The van der Waals surface area contributed by atoms with Gasteiger partial charge in [-0.3, -0.25) is 4.79 Å². The molecule has 4 rings (SSSR count). The van der Waals surface area contributed by atoms with Crippen LogP contribution >= 0.6 is 0 Å². The molecule has 0 atom stereocenters. The zero-order chi connectivity index (χ0) is 21.1. The predicted molar refractivity (Wildman–Crippen MR) is 111 cm³/mol. The van der Waals surface area contributed by atoms with Crippen molar-refractivity contribution in [1.29, 1.82) is 0 Å². The van der Waals surface area contributed by atoms with Gasteiger partial charge in [0.15, 0.2) is 0 Å². The lowest BCUT2D eigenvalue weighted by Crippen LogP contribution is -2.19. The maximum atomic E-state index is 13.2. The van der Waals surface area contributed by atoms with Gasteiger partial charge in [-0.25, -0.2) is 9.97 Å². The number of fused-ring (bicyclic) bond motifs is 1. The quantitative estimate of drug-likeness (QED) is 0.473. The fourth-order valence-corrected chi connectivity index (χ4v) is 3.04. The largest absolute Gasteiger partial charge is 0.433 e. The second-order valence-corrected chi connectivity index (χ2v) is 6.68. The average molecular weight is 405 g/mol. The standard InChI is InChI=1S/C23H17F2N3O2/c1-23(24,25)30-17-8-4-7-16(14-17)19-12-11-15-6-5-9-18(21(15)27-19)22(29)28-20-10-2-3-13-26-20/h2-14H,1H3,(H,26,28,29). The number of pyridine rings is 2. The van der Waals surface area contributed by atoms with E-state index in [-0.39, 0.29) is 11.7 Å². The molecule has 0 radical (unpaired) electrons. The van der Waals surface area contributed by atoms with Crippen LogP contribution in [0.5, 0.6) is 5.75 Å². The van der Waals surface area contributed by atoms with Crippen LogP contribution in [-0.2, 0) is 0 Å². The van der Waals surface area contributed by atoms with Gasteiger partial charge in [0.1, 0.15) is 11.6 Å². The first-order valence-corrected chi connectivity index (χ1v) is 9.18. The summed E-state index contributed by atoms with van der Waals surface area (Å²) in [6.45, 7) is 0.681. The highest BCUT2D eigenvalue weighted by Crippen LogP contribution is 2.28. The van der Waals surface area contributed by atoms with Crippen molar-refractivity contribution in [3.63, 3.8) is 0 Å². The smallest absolute Gasteiger partial charge is 0.394 e. The number of rotatable bonds is 5. The van der Waals surface area contributed by atoms with Gasteiger partial charge in [0.05, 0.1) is 16.8 Å². The van der Waals surface area contributed by atoms with Crippen molar-refractivity contribution < 1.29 is 18.3 Å². The molecule has 0 saturated carbocycles. The minimum Gasteiger partial charge on any atom is -0.433 e. The lowest BCUT2D eigenvalue weighted by molar-refractivity contribution is -0.158. The number of nitrogens with one attached hydrogen (secondary N) is 1. The van der Waals surface area contributed by atoms with Crippen LogP contribution in [0.2, 0.25) is 0 Å². The van der Waals surface area contributed by atoms with Gasteiger partial charge in [-0.1, -0.05) is 36.4 Å². The molecule has 0 fully saturated rings. The minimum atomic E-state index is -3.29. The van der Waals surface area contributed by atoms with E-state index >= 15 is 0 Å². The van der Waals surface area contributed by atoms with Crippen LogP contribution < -0.4 is 10.1 Å². The number of para-hydroxylation sites is 1. The molecule has 5 nitrogen and oxygen atoms in total. The van der Waals surface area contributed by atoms with Gasteiger partial charge in [-0.05, 0) is 36.4 Å². The molecule has 30 heavy (non-hydrogen) atoms. The molecular weight excluding hydrogens is 388 g/mol. The van der Waals surface area contributed by atoms with E-state index in [9.17, 15) is 13.6 Å². The topological polar surface area (TPSA) is 64.1 Å². The summed E-state index contributed by atoms with van der Waals surface area (Å²) in [7, 11) is 0. The maximum absolute atomic E-state index is 13.2. The average Bonchev–Trinajstić information content (AvgIpc) is 2.72. The Kier molecular flexibility index (Phi) is 5.10. The summed E-state index contributed by atoms with van der Waals surface area (Å²) < 4.78 is 31.0. The van der Waals surface area contributed by atoms with Crippen LogP contribution in [0.4, 0.5) is 14.6 Å². The lowest BCUT2D eigenvalue weighted by Gasteiger charge is -2.14. The number of hydrogen-bond donors (Lipinski definition) is 1. The highest BCUT2D eigenvalue weighted by molar-refractivity contribution is 6.11. The van der Waals surface area contributed by atoms with Gasteiger partial charge < -0.3 is 10.1 Å². The van der Waals surface area contributed by atoms with E-state index in [1.165, 1.54) is 12.1 Å². The number of alkyl halides is 2. The summed E-state index contributed by atoms with van der Waals surface area (Å²) in [5, 5.41) is 3.53. The molecule has 0 saturated heterocycles. The summed E-state index contributed by atoms with van der Waals surface area (Å²) in [5.41, 5.74) is 2.01. The van der Waals surface area contributed by atoms with Crippen LogP contribution in [0.15, 0.2) is 79.0 Å². The van der Waals surface area contributed by atoms with E-state index in [2.05, 4.69) is 20.0 Å². The number of amides is 1. The number of aromatic nitrogens is 2. The van der Waals surface area contributed by atoms with Crippen LogP contribution in [0, 0.1) is 0 Å². The van der Waals surface area contributed by atoms with Crippen molar-refractivity contribution in [1.82, 2.24) is 9.97 Å². The number of anilines is 1. The van der Waals surface area contributed by atoms with E-state index in [0.29, 0.717) is 35.1 Å². The van der Waals surface area contributed by atoms with E-state index in [1.54, 1.807) is 54.7 Å². The van der Waals surface area contributed by atoms with Gasteiger partial charge in [-0.2, -0.15) is 8.78 Å². The number of halogens is 2. The number of nitrogens with zero attached hydrogens (tertiary/aromatic N) is 2. The van der Waals surface area contributed by atoms with Crippen molar-refractivity contribution in [2.45, 2.75) is 13.0 Å². The molecule has 0 spiro atoms. The van der Waals surface area contributed by atoms with Crippen molar-refractivity contribution >= 4 is 22.6 Å². The fourth-order valence-electron chi connectivity index (χ4n) is 3.04. The molecule has 2 aromatic heterocycles. The molecule has 0 aliphatic carbocycles. The first kappa shape index (κ1) is 19.4. The Morgan fingerprint density at radius 1 is 1.00 bits per heavy atom. The van der Waals surface area contributed by atoms with Crippen molar-refractivity contribution in [3.8, 4) is 17.0 Å². The van der Waals surface area contributed by atoms with Gasteiger partial charge >= 0.3 is 6.11 Å². The Hall–Kier alpha value is -3.87. The Balaban J connectivity index is 1.71. The summed E-state index contributed by atoms with van der Waals surface area (Å²) >= 11 is 0. The zero-order valence-electron chi connectivity index (χ0n) is 16.0.